The van der Waals surface area contributed by atoms with E-state index in [1.54, 1.807) is 0 Å². The Morgan fingerprint density at radius 2 is 1.38 bits per heavy atom. The third kappa shape index (κ3) is 7.08. The number of imidazole rings is 1. The molecule has 3 aromatic carbocycles. The molecule has 5 rings (SSSR count). The number of nitrogens with zero attached hydrogens (tertiary/aromatic N) is 3. The SMILES string of the molecule is CCCCn1c(-c2ccccc2)nc(-c2ccccc2)c1CN(Cc1ccc(CC)cc1)CC1CCCCC1. The molecule has 0 saturated heterocycles. The second kappa shape index (κ2) is 13.8. The summed E-state index contributed by atoms with van der Waals surface area (Å²) in [5, 5.41) is 0. The van der Waals surface area contributed by atoms with Gasteiger partial charge in [-0.05, 0) is 42.7 Å². The molecule has 1 saturated carbocycles. The molecule has 0 amide bonds. The molecule has 1 aliphatic rings. The molecular weight excluding hydrogens is 474 g/mol. The molecule has 0 unspecified atom stereocenters. The van der Waals surface area contributed by atoms with Crippen LogP contribution in [0.25, 0.3) is 22.6 Å². The van der Waals surface area contributed by atoms with Crippen LogP contribution in [0, 0.1) is 5.92 Å². The van der Waals surface area contributed by atoms with Crippen molar-refractivity contribution in [1.82, 2.24) is 14.5 Å². The van der Waals surface area contributed by atoms with Gasteiger partial charge in [-0.15, -0.1) is 0 Å². The van der Waals surface area contributed by atoms with Crippen LogP contribution < -0.4 is 0 Å². The second-order valence-corrected chi connectivity index (χ2v) is 11.3. The van der Waals surface area contributed by atoms with Gasteiger partial charge in [0, 0.05) is 37.3 Å². The Morgan fingerprint density at radius 1 is 0.744 bits per heavy atom. The largest absolute Gasteiger partial charge is 0.326 e. The van der Waals surface area contributed by atoms with Gasteiger partial charge in [-0.3, -0.25) is 4.90 Å². The van der Waals surface area contributed by atoms with Crippen molar-refractivity contribution < 1.29 is 0 Å². The van der Waals surface area contributed by atoms with Gasteiger partial charge < -0.3 is 4.57 Å². The molecule has 3 nitrogen and oxygen atoms in total. The van der Waals surface area contributed by atoms with Gasteiger partial charge in [0.15, 0.2) is 0 Å². The summed E-state index contributed by atoms with van der Waals surface area (Å²) < 4.78 is 2.54. The highest BCUT2D eigenvalue weighted by molar-refractivity contribution is 5.68. The first-order chi connectivity index (χ1) is 19.2. The van der Waals surface area contributed by atoms with Crippen molar-refractivity contribution in [3.05, 3.63) is 102 Å². The predicted molar refractivity (Wildman–Crippen MR) is 165 cm³/mol. The summed E-state index contributed by atoms with van der Waals surface area (Å²) in [5.41, 5.74) is 7.73. The summed E-state index contributed by atoms with van der Waals surface area (Å²) in [6.07, 6.45) is 10.3. The Bertz CT molecular complexity index is 1270. The minimum Gasteiger partial charge on any atom is -0.326 e. The monoisotopic (exact) mass is 519 g/mol. The highest BCUT2D eigenvalue weighted by Gasteiger charge is 2.24. The van der Waals surface area contributed by atoms with Gasteiger partial charge in [0.2, 0.25) is 0 Å². The first-order valence-electron chi connectivity index (χ1n) is 15.3. The average molecular weight is 520 g/mol. The fourth-order valence-corrected chi connectivity index (χ4v) is 6.11. The number of aryl methyl sites for hydroxylation is 1. The van der Waals surface area contributed by atoms with Crippen LogP contribution in [0.5, 0.6) is 0 Å². The molecule has 1 aromatic heterocycles. The summed E-state index contributed by atoms with van der Waals surface area (Å²) in [7, 11) is 0. The predicted octanol–water partition coefficient (Wildman–Crippen LogP) is 9.16. The van der Waals surface area contributed by atoms with Gasteiger partial charge in [0.25, 0.3) is 0 Å². The number of hydrogen-bond acceptors (Lipinski definition) is 2. The normalized spacial score (nSPS) is 14.2. The number of hydrogen-bond donors (Lipinski definition) is 0. The number of benzene rings is 3. The zero-order valence-electron chi connectivity index (χ0n) is 24.0. The fraction of sp³-hybridized carbons (Fsp3) is 0.417. The van der Waals surface area contributed by atoms with E-state index in [9.17, 15) is 0 Å². The molecule has 1 fully saturated rings. The summed E-state index contributed by atoms with van der Waals surface area (Å²) in [6.45, 7) is 8.57. The third-order valence-corrected chi connectivity index (χ3v) is 8.34. The molecule has 0 spiro atoms. The Kier molecular flexibility index (Phi) is 9.66. The van der Waals surface area contributed by atoms with E-state index < -0.39 is 0 Å². The van der Waals surface area contributed by atoms with Crippen LogP contribution in [0.2, 0.25) is 0 Å². The Labute approximate surface area is 235 Å². The van der Waals surface area contributed by atoms with Crippen LogP contribution in [0.4, 0.5) is 0 Å². The molecule has 0 atom stereocenters. The van der Waals surface area contributed by atoms with E-state index in [2.05, 4.69) is 108 Å². The topological polar surface area (TPSA) is 21.1 Å². The molecule has 1 aliphatic carbocycles. The lowest BCUT2D eigenvalue weighted by molar-refractivity contribution is 0.183. The minimum absolute atomic E-state index is 0.787. The van der Waals surface area contributed by atoms with Crippen LogP contribution in [-0.4, -0.2) is 21.0 Å². The van der Waals surface area contributed by atoms with Gasteiger partial charge in [0.05, 0.1) is 11.4 Å². The zero-order chi connectivity index (χ0) is 26.9. The number of unbranched alkanes of at least 4 members (excludes halogenated alkanes) is 1. The van der Waals surface area contributed by atoms with Crippen LogP contribution in [0.15, 0.2) is 84.9 Å². The third-order valence-electron chi connectivity index (χ3n) is 8.34. The summed E-state index contributed by atoms with van der Waals surface area (Å²) in [4.78, 5) is 8.09. The molecular formula is C36H45N3. The summed E-state index contributed by atoms with van der Waals surface area (Å²) in [5.74, 6) is 1.89. The second-order valence-electron chi connectivity index (χ2n) is 11.3. The highest BCUT2D eigenvalue weighted by Crippen LogP contribution is 2.32. The maximum absolute atomic E-state index is 5.37. The van der Waals surface area contributed by atoms with E-state index in [4.69, 9.17) is 4.98 Å². The lowest BCUT2D eigenvalue weighted by Crippen LogP contribution is -2.31. The Morgan fingerprint density at radius 3 is 2.03 bits per heavy atom. The van der Waals surface area contributed by atoms with E-state index in [1.165, 1.54) is 66.5 Å². The lowest BCUT2D eigenvalue weighted by Gasteiger charge is -2.30. The standard InChI is InChI=1S/C36H45N3/c1-3-5-25-39-34(35(32-17-11-7-12-18-32)37-36(39)33-19-13-8-14-20-33)28-38(26-30-15-9-6-10-16-30)27-31-23-21-29(4-2)22-24-31/h7-8,11-14,17-24,30H,3-6,9-10,15-16,25-28H2,1-2H3. The average Bonchev–Trinajstić information content (AvgIpc) is 3.35. The van der Waals surface area contributed by atoms with Crippen LogP contribution in [0.1, 0.15) is 75.6 Å². The van der Waals surface area contributed by atoms with Crippen molar-refractivity contribution in [2.75, 3.05) is 6.54 Å². The van der Waals surface area contributed by atoms with E-state index in [0.29, 0.717) is 0 Å². The fourth-order valence-electron chi connectivity index (χ4n) is 6.11. The van der Waals surface area contributed by atoms with Crippen molar-refractivity contribution >= 4 is 0 Å². The maximum Gasteiger partial charge on any atom is 0.140 e. The van der Waals surface area contributed by atoms with E-state index in [1.807, 2.05) is 0 Å². The molecule has 39 heavy (non-hydrogen) atoms. The molecule has 4 aromatic rings. The van der Waals surface area contributed by atoms with Crippen LogP contribution in [0.3, 0.4) is 0 Å². The first kappa shape index (κ1) is 27.4. The van der Waals surface area contributed by atoms with Crippen LogP contribution >= 0.6 is 0 Å². The van der Waals surface area contributed by atoms with Gasteiger partial charge in [0.1, 0.15) is 5.82 Å². The van der Waals surface area contributed by atoms with Gasteiger partial charge in [-0.25, -0.2) is 4.98 Å². The summed E-state index contributed by atoms with van der Waals surface area (Å²) >= 11 is 0. The van der Waals surface area contributed by atoms with Gasteiger partial charge >= 0.3 is 0 Å². The zero-order valence-corrected chi connectivity index (χ0v) is 24.0. The van der Waals surface area contributed by atoms with Gasteiger partial charge in [-0.1, -0.05) is 124 Å². The Hall–Kier alpha value is -3.17. The van der Waals surface area contributed by atoms with Crippen molar-refractivity contribution in [2.24, 2.45) is 5.92 Å². The lowest BCUT2D eigenvalue weighted by atomic mass is 9.88. The molecule has 0 bridgehead atoms. The van der Waals surface area contributed by atoms with Crippen LogP contribution in [-0.2, 0) is 26.1 Å². The molecule has 0 aliphatic heterocycles. The highest BCUT2D eigenvalue weighted by atomic mass is 15.2. The van der Waals surface area contributed by atoms with Crippen molar-refractivity contribution in [2.45, 2.75) is 84.8 Å². The Balaban J connectivity index is 1.55. The van der Waals surface area contributed by atoms with Gasteiger partial charge in [-0.2, -0.15) is 0 Å². The minimum atomic E-state index is 0.787. The first-order valence-corrected chi connectivity index (χ1v) is 15.3. The van der Waals surface area contributed by atoms with Crippen molar-refractivity contribution in [1.29, 1.82) is 0 Å². The smallest absolute Gasteiger partial charge is 0.140 e. The summed E-state index contributed by atoms with van der Waals surface area (Å²) in [6, 6.07) is 30.9. The molecule has 204 valence electrons. The number of aromatic nitrogens is 2. The van der Waals surface area contributed by atoms with Crippen molar-refractivity contribution in [3.8, 4) is 22.6 Å². The number of rotatable bonds is 12. The maximum atomic E-state index is 5.37. The molecule has 0 radical (unpaired) electrons. The van der Waals surface area contributed by atoms with Crippen molar-refractivity contribution in [3.63, 3.8) is 0 Å². The molecule has 0 N–H and O–H groups in total. The molecule has 3 heteroatoms. The van der Waals surface area contributed by atoms with E-state index in [-0.39, 0.29) is 0 Å². The van der Waals surface area contributed by atoms with E-state index >= 15 is 0 Å². The molecule has 1 heterocycles. The van der Waals surface area contributed by atoms with E-state index in [0.717, 1.165) is 56.5 Å². The quantitative estimate of drug-likeness (QED) is 0.186.